The van der Waals surface area contributed by atoms with Gasteiger partial charge in [0, 0.05) is 11.1 Å². The van der Waals surface area contributed by atoms with Crippen LogP contribution in [0.5, 0.6) is 0 Å². The maximum atomic E-state index is 12.8. The van der Waals surface area contributed by atoms with Gasteiger partial charge in [0.1, 0.15) is 0 Å². The molecule has 118 valence electrons. The van der Waals surface area contributed by atoms with Gasteiger partial charge >= 0.3 is 6.18 Å². The van der Waals surface area contributed by atoms with E-state index in [4.69, 9.17) is 16.0 Å². The molecule has 0 N–H and O–H groups in total. The lowest BCUT2D eigenvalue weighted by Crippen LogP contribution is -2.04. The number of aryl methyl sites for hydroxylation is 1. The van der Waals surface area contributed by atoms with Gasteiger partial charge in [-0.15, -0.1) is 0 Å². The van der Waals surface area contributed by atoms with E-state index in [0.29, 0.717) is 5.89 Å². The van der Waals surface area contributed by atoms with E-state index in [1.165, 1.54) is 12.3 Å². The third-order valence-corrected chi connectivity index (χ3v) is 3.69. The fourth-order valence-electron chi connectivity index (χ4n) is 2.12. The second-order valence-electron chi connectivity index (χ2n) is 5.09. The molecule has 0 aliphatic heterocycles. The summed E-state index contributed by atoms with van der Waals surface area (Å²) in [6, 6.07) is 10.6. The number of aromatic nitrogens is 1. The van der Waals surface area contributed by atoms with Crippen molar-refractivity contribution in [3.8, 4) is 22.8 Å². The van der Waals surface area contributed by atoms with Gasteiger partial charge in [-0.25, -0.2) is 4.98 Å². The maximum Gasteiger partial charge on any atom is 0.416 e. The second kappa shape index (κ2) is 5.74. The van der Waals surface area contributed by atoms with Crippen LogP contribution in [-0.2, 0) is 6.18 Å². The fraction of sp³-hybridized carbons (Fsp3) is 0.118. The molecule has 0 bridgehead atoms. The maximum absolute atomic E-state index is 12.8. The molecule has 2 nitrogen and oxygen atoms in total. The molecule has 0 spiro atoms. The van der Waals surface area contributed by atoms with Gasteiger partial charge < -0.3 is 4.42 Å². The Balaban J connectivity index is 2.02. The van der Waals surface area contributed by atoms with Gasteiger partial charge in [-0.2, -0.15) is 13.2 Å². The van der Waals surface area contributed by atoms with Crippen molar-refractivity contribution >= 4 is 11.6 Å². The summed E-state index contributed by atoms with van der Waals surface area (Å²) in [5, 5.41) is 0.171. The number of nitrogens with zero attached hydrogens (tertiary/aromatic N) is 1. The van der Waals surface area contributed by atoms with Gasteiger partial charge in [0.25, 0.3) is 0 Å². The van der Waals surface area contributed by atoms with Crippen LogP contribution in [0.25, 0.3) is 22.8 Å². The molecular weight excluding hydrogens is 327 g/mol. The first kappa shape index (κ1) is 15.6. The summed E-state index contributed by atoms with van der Waals surface area (Å²) in [6.07, 6.45) is -3.07. The van der Waals surface area contributed by atoms with Gasteiger partial charge in [-0.1, -0.05) is 29.3 Å². The first-order chi connectivity index (χ1) is 10.8. The summed E-state index contributed by atoms with van der Waals surface area (Å²) in [5.41, 5.74) is 1.20. The van der Waals surface area contributed by atoms with E-state index in [0.717, 1.165) is 23.3 Å². The van der Waals surface area contributed by atoms with Crippen molar-refractivity contribution < 1.29 is 17.6 Å². The van der Waals surface area contributed by atoms with E-state index in [2.05, 4.69) is 4.98 Å². The molecule has 0 radical (unpaired) electrons. The molecule has 0 fully saturated rings. The highest BCUT2D eigenvalue weighted by Gasteiger charge is 2.31. The minimum atomic E-state index is -4.45. The number of hydrogen-bond acceptors (Lipinski definition) is 2. The number of alkyl halides is 3. The average Bonchev–Trinajstić information content (AvgIpc) is 2.97. The fourth-order valence-corrected chi connectivity index (χ4v) is 2.33. The quantitative estimate of drug-likeness (QED) is 0.574. The minimum Gasteiger partial charge on any atom is -0.436 e. The summed E-state index contributed by atoms with van der Waals surface area (Å²) in [6.45, 7) is 1.95. The van der Waals surface area contributed by atoms with Crippen LogP contribution in [0.1, 0.15) is 11.1 Å². The number of benzene rings is 2. The van der Waals surface area contributed by atoms with Crippen molar-refractivity contribution in [2.24, 2.45) is 0 Å². The third kappa shape index (κ3) is 3.24. The minimum absolute atomic E-state index is 0.160. The van der Waals surface area contributed by atoms with Gasteiger partial charge in [0.15, 0.2) is 5.76 Å². The standard InChI is InChI=1S/C17H11ClF3NO/c1-10-2-4-11(5-3-10)16-22-9-15(23-16)13-8-12(17(19,20)21)6-7-14(13)18/h2-9H,1H3. The van der Waals surface area contributed by atoms with Crippen LogP contribution >= 0.6 is 11.6 Å². The van der Waals surface area contributed by atoms with Crippen LogP contribution in [0, 0.1) is 6.92 Å². The monoisotopic (exact) mass is 337 g/mol. The molecule has 0 atom stereocenters. The zero-order valence-electron chi connectivity index (χ0n) is 12.0. The van der Waals surface area contributed by atoms with Gasteiger partial charge in [0.2, 0.25) is 5.89 Å². The Hall–Kier alpha value is -2.27. The van der Waals surface area contributed by atoms with Crippen molar-refractivity contribution in [2.75, 3.05) is 0 Å². The van der Waals surface area contributed by atoms with Crippen LogP contribution in [0.15, 0.2) is 53.1 Å². The van der Waals surface area contributed by atoms with Crippen molar-refractivity contribution in [2.45, 2.75) is 13.1 Å². The molecule has 0 saturated carbocycles. The number of oxazole rings is 1. The predicted octanol–water partition coefficient (Wildman–Crippen LogP) is 5.99. The number of hydrogen-bond donors (Lipinski definition) is 0. The molecule has 6 heteroatoms. The molecule has 0 amide bonds. The Labute approximate surface area is 135 Å². The van der Waals surface area contributed by atoms with Crippen LogP contribution in [0.2, 0.25) is 5.02 Å². The summed E-state index contributed by atoms with van der Waals surface area (Å²) in [4.78, 5) is 4.12. The second-order valence-corrected chi connectivity index (χ2v) is 5.50. The van der Waals surface area contributed by atoms with Crippen molar-refractivity contribution in [1.82, 2.24) is 4.98 Å². The Kier molecular flexibility index (Phi) is 3.90. The lowest BCUT2D eigenvalue weighted by molar-refractivity contribution is -0.137. The van der Waals surface area contributed by atoms with Crippen molar-refractivity contribution in [3.63, 3.8) is 0 Å². The Bertz CT molecular complexity index is 838. The third-order valence-electron chi connectivity index (χ3n) is 3.36. The molecule has 0 saturated heterocycles. The van der Waals surface area contributed by atoms with Gasteiger partial charge in [0.05, 0.1) is 16.8 Å². The zero-order chi connectivity index (χ0) is 16.6. The molecule has 2 aromatic carbocycles. The first-order valence-corrected chi connectivity index (χ1v) is 7.12. The molecule has 0 unspecified atom stereocenters. The van der Waals surface area contributed by atoms with Crippen molar-refractivity contribution in [1.29, 1.82) is 0 Å². The van der Waals surface area contributed by atoms with Gasteiger partial charge in [-0.3, -0.25) is 0 Å². The van der Waals surface area contributed by atoms with Crippen molar-refractivity contribution in [3.05, 3.63) is 64.8 Å². The Morgan fingerprint density at radius 2 is 1.74 bits per heavy atom. The molecule has 3 aromatic rings. The summed E-state index contributed by atoms with van der Waals surface area (Å²) >= 11 is 6.00. The Morgan fingerprint density at radius 1 is 1.04 bits per heavy atom. The molecule has 0 aliphatic carbocycles. The lowest BCUT2D eigenvalue weighted by Gasteiger charge is -2.08. The normalized spacial score (nSPS) is 11.7. The summed E-state index contributed by atoms with van der Waals surface area (Å²) in [5.74, 6) is 0.519. The van der Waals surface area contributed by atoms with E-state index in [-0.39, 0.29) is 16.3 Å². The molecule has 0 aliphatic rings. The van der Waals surface area contributed by atoms with E-state index in [1.54, 1.807) is 0 Å². The Morgan fingerprint density at radius 3 is 2.39 bits per heavy atom. The van der Waals surface area contributed by atoms with Crippen LogP contribution in [0.3, 0.4) is 0 Å². The zero-order valence-corrected chi connectivity index (χ0v) is 12.7. The smallest absolute Gasteiger partial charge is 0.416 e. The predicted molar refractivity (Wildman–Crippen MR) is 82.1 cm³/mol. The highest BCUT2D eigenvalue weighted by molar-refractivity contribution is 6.33. The van der Waals surface area contributed by atoms with Crippen LogP contribution in [0.4, 0.5) is 13.2 Å². The van der Waals surface area contributed by atoms with E-state index in [1.807, 2.05) is 31.2 Å². The topological polar surface area (TPSA) is 26.0 Å². The first-order valence-electron chi connectivity index (χ1n) is 6.74. The summed E-state index contributed by atoms with van der Waals surface area (Å²) < 4.78 is 44.1. The molecule has 23 heavy (non-hydrogen) atoms. The largest absolute Gasteiger partial charge is 0.436 e. The van der Waals surface area contributed by atoms with E-state index < -0.39 is 11.7 Å². The highest BCUT2D eigenvalue weighted by atomic mass is 35.5. The van der Waals surface area contributed by atoms with E-state index >= 15 is 0 Å². The summed E-state index contributed by atoms with van der Waals surface area (Å²) in [7, 11) is 0. The average molecular weight is 338 g/mol. The van der Waals surface area contributed by atoms with E-state index in [9.17, 15) is 13.2 Å². The molecule has 1 aromatic heterocycles. The number of rotatable bonds is 2. The SMILES string of the molecule is Cc1ccc(-c2ncc(-c3cc(C(F)(F)F)ccc3Cl)o2)cc1. The van der Waals surface area contributed by atoms with Crippen LogP contribution in [-0.4, -0.2) is 4.98 Å². The highest BCUT2D eigenvalue weighted by Crippen LogP contribution is 2.37. The lowest BCUT2D eigenvalue weighted by atomic mass is 10.1. The van der Waals surface area contributed by atoms with Gasteiger partial charge in [-0.05, 0) is 37.3 Å². The molecule has 3 rings (SSSR count). The molecular formula is C17H11ClF3NO. The molecule has 1 heterocycles. The van der Waals surface area contributed by atoms with Crippen LogP contribution < -0.4 is 0 Å². The number of halogens is 4.